The van der Waals surface area contributed by atoms with Crippen molar-refractivity contribution in [2.75, 3.05) is 0 Å². The van der Waals surface area contributed by atoms with Gasteiger partial charge in [0.25, 0.3) is 0 Å². The molecule has 0 nitrogen and oxygen atoms in total. The summed E-state index contributed by atoms with van der Waals surface area (Å²) in [6, 6.07) is 14.2. The summed E-state index contributed by atoms with van der Waals surface area (Å²) in [5.41, 5.74) is 1.72. The van der Waals surface area contributed by atoms with Crippen LogP contribution in [0.25, 0.3) is 33.0 Å². The topological polar surface area (TPSA) is 0 Å². The molecule has 7 heteroatoms. The summed E-state index contributed by atoms with van der Waals surface area (Å²) in [5, 5.41) is -0.183. The third-order valence-corrected chi connectivity index (χ3v) is 6.60. The number of fused-ring (bicyclic) bond motifs is 1. The van der Waals surface area contributed by atoms with E-state index in [2.05, 4.69) is 11.8 Å². The molecule has 0 fully saturated rings. The highest BCUT2D eigenvalue weighted by Crippen LogP contribution is 2.35. The molecule has 5 aromatic rings. The van der Waals surface area contributed by atoms with Crippen LogP contribution in [0, 0.1) is 59.5 Å². The van der Waals surface area contributed by atoms with E-state index in [-0.39, 0.29) is 33.0 Å². The van der Waals surface area contributed by atoms with E-state index in [9.17, 15) is 22.0 Å². The lowest BCUT2D eigenvalue weighted by Crippen LogP contribution is -1.97. The van der Waals surface area contributed by atoms with Gasteiger partial charge in [-0.25, -0.2) is 30.7 Å². The third kappa shape index (κ3) is 4.93. The predicted molar refractivity (Wildman–Crippen MR) is 141 cm³/mol. The van der Waals surface area contributed by atoms with E-state index >= 15 is 8.78 Å². The van der Waals surface area contributed by atoms with Gasteiger partial charge in [0, 0.05) is 5.56 Å². The second kappa shape index (κ2) is 10.5. The minimum Gasteiger partial charge on any atom is -0.206 e. The molecule has 5 aromatic carbocycles. The zero-order chi connectivity index (χ0) is 28.7. The van der Waals surface area contributed by atoms with Crippen molar-refractivity contribution in [3.8, 4) is 34.1 Å². The summed E-state index contributed by atoms with van der Waals surface area (Å²) >= 11 is 0. The molecule has 0 aliphatic rings. The van der Waals surface area contributed by atoms with Crippen LogP contribution < -0.4 is 0 Å². The minimum atomic E-state index is -1.62. The van der Waals surface area contributed by atoms with E-state index in [0.717, 1.165) is 18.2 Å². The molecule has 0 unspecified atom stereocenters. The molecule has 0 bridgehead atoms. The molecule has 0 heterocycles. The number of hydrogen-bond acceptors (Lipinski definition) is 0. The van der Waals surface area contributed by atoms with Crippen LogP contribution in [-0.4, -0.2) is 0 Å². The van der Waals surface area contributed by atoms with Crippen LogP contribution in [-0.2, 0) is 6.42 Å². The first-order chi connectivity index (χ1) is 19.1. The molecule has 0 aliphatic heterocycles. The van der Waals surface area contributed by atoms with Gasteiger partial charge in [-0.1, -0.05) is 49.1 Å². The average molecular weight is 549 g/mol. The lowest BCUT2D eigenvalue weighted by Gasteiger charge is -2.12. The molecule has 0 radical (unpaired) electrons. The van der Waals surface area contributed by atoms with Crippen LogP contribution in [0.2, 0.25) is 0 Å². The van der Waals surface area contributed by atoms with E-state index in [4.69, 9.17) is 0 Å². The van der Waals surface area contributed by atoms with E-state index in [0.29, 0.717) is 28.7 Å². The van der Waals surface area contributed by atoms with Gasteiger partial charge in [0.2, 0.25) is 0 Å². The summed E-state index contributed by atoms with van der Waals surface area (Å²) < 4.78 is 100. The van der Waals surface area contributed by atoms with Crippen LogP contribution >= 0.6 is 0 Å². The Bertz CT molecular complexity index is 1840. The average Bonchev–Trinajstić information content (AvgIpc) is 2.90. The third-order valence-electron chi connectivity index (χ3n) is 6.60. The van der Waals surface area contributed by atoms with Gasteiger partial charge in [0.05, 0.1) is 16.5 Å². The zero-order valence-corrected chi connectivity index (χ0v) is 21.2. The lowest BCUT2D eigenvalue weighted by atomic mass is 9.94. The van der Waals surface area contributed by atoms with Crippen molar-refractivity contribution >= 4 is 10.8 Å². The summed E-state index contributed by atoms with van der Waals surface area (Å²) in [6.07, 6.45) is 0.373. The second-order valence-corrected chi connectivity index (χ2v) is 9.32. The monoisotopic (exact) mass is 548 g/mol. The van der Waals surface area contributed by atoms with Crippen molar-refractivity contribution in [1.29, 1.82) is 0 Å². The molecule has 0 atom stereocenters. The van der Waals surface area contributed by atoms with Crippen molar-refractivity contribution in [2.24, 2.45) is 0 Å². The van der Waals surface area contributed by atoms with Gasteiger partial charge >= 0.3 is 0 Å². The Labute approximate surface area is 225 Å². The van der Waals surface area contributed by atoms with Gasteiger partial charge in [-0.2, -0.15) is 0 Å². The maximum atomic E-state index is 15.3. The summed E-state index contributed by atoms with van der Waals surface area (Å²) in [7, 11) is 0. The molecule has 0 aliphatic carbocycles. The molecule has 0 N–H and O–H groups in total. The van der Waals surface area contributed by atoms with Crippen molar-refractivity contribution in [3.63, 3.8) is 0 Å². The maximum absolute atomic E-state index is 15.3. The predicted octanol–water partition coefficient (Wildman–Crippen LogP) is 9.42. The number of benzene rings is 5. The highest BCUT2D eigenvalue weighted by molar-refractivity contribution is 5.90. The van der Waals surface area contributed by atoms with E-state index in [1.165, 1.54) is 30.3 Å². The fraction of sp³-hybridized carbons (Fsp3) is 0.0909. The Morgan fingerprint density at radius 2 is 1.23 bits per heavy atom. The molecule has 0 spiro atoms. The smallest absolute Gasteiger partial charge is 0.194 e. The molecule has 40 heavy (non-hydrogen) atoms. The molecule has 0 amide bonds. The molecule has 0 saturated carbocycles. The van der Waals surface area contributed by atoms with Gasteiger partial charge in [-0.15, -0.1) is 0 Å². The standard InChI is InChI=1S/C33H19F7/c1-3-19-14-22(15-25(34)24(19)9-4-18-12-28(37)32(39)29(38)13-18)20-5-7-21(8-6-20)30-27(36)16-23-10-17(2)11-26(35)31(23)33(30)40/h5-8,10-16H,3H2,1-2H3. The number of rotatable bonds is 3. The first-order valence-electron chi connectivity index (χ1n) is 12.2. The zero-order valence-electron chi connectivity index (χ0n) is 21.2. The first kappa shape index (κ1) is 27.0. The largest absolute Gasteiger partial charge is 0.206 e. The normalized spacial score (nSPS) is 11.0. The highest BCUT2D eigenvalue weighted by Gasteiger charge is 2.19. The van der Waals surface area contributed by atoms with Crippen molar-refractivity contribution in [3.05, 3.63) is 130 Å². The number of halogens is 7. The minimum absolute atomic E-state index is 0.0191. The van der Waals surface area contributed by atoms with Crippen LogP contribution in [0.4, 0.5) is 30.7 Å². The van der Waals surface area contributed by atoms with Gasteiger partial charge in [0.1, 0.15) is 23.3 Å². The Morgan fingerprint density at radius 1 is 0.575 bits per heavy atom. The number of hydrogen-bond donors (Lipinski definition) is 0. The lowest BCUT2D eigenvalue weighted by molar-refractivity contribution is 0.446. The van der Waals surface area contributed by atoms with Gasteiger partial charge in [0.15, 0.2) is 17.5 Å². The Kier molecular flexibility index (Phi) is 7.12. The van der Waals surface area contributed by atoms with E-state index in [1.54, 1.807) is 32.0 Å². The summed E-state index contributed by atoms with van der Waals surface area (Å²) in [4.78, 5) is 0. The van der Waals surface area contributed by atoms with Crippen molar-refractivity contribution < 1.29 is 30.7 Å². The first-order valence-corrected chi connectivity index (χ1v) is 12.2. The SMILES string of the molecule is CCc1cc(-c2ccc(-c3c(F)cc4cc(C)cc(F)c4c3F)cc2)cc(F)c1C#Cc1cc(F)c(F)c(F)c1. The van der Waals surface area contributed by atoms with Gasteiger partial charge < -0.3 is 0 Å². The quantitative estimate of drug-likeness (QED) is 0.120. The van der Waals surface area contributed by atoms with Crippen LogP contribution in [0.5, 0.6) is 0 Å². The number of aryl methyl sites for hydroxylation is 2. The molecular formula is C33H19F7. The molecular weight excluding hydrogens is 529 g/mol. The summed E-state index contributed by atoms with van der Waals surface area (Å²) in [5.74, 6) is -2.71. The molecule has 200 valence electrons. The van der Waals surface area contributed by atoms with Gasteiger partial charge in [-0.3, -0.25) is 0 Å². The van der Waals surface area contributed by atoms with Crippen LogP contribution in [0.15, 0.2) is 66.7 Å². The molecule has 0 aromatic heterocycles. The second-order valence-electron chi connectivity index (χ2n) is 9.32. The highest BCUT2D eigenvalue weighted by atomic mass is 19.2. The molecule has 0 saturated heterocycles. The van der Waals surface area contributed by atoms with Crippen molar-refractivity contribution in [2.45, 2.75) is 20.3 Å². The Morgan fingerprint density at radius 3 is 1.88 bits per heavy atom. The van der Waals surface area contributed by atoms with E-state index < -0.39 is 40.7 Å². The van der Waals surface area contributed by atoms with E-state index in [1.807, 2.05) is 0 Å². The van der Waals surface area contributed by atoms with Crippen LogP contribution in [0.3, 0.4) is 0 Å². The fourth-order valence-corrected chi connectivity index (χ4v) is 4.66. The summed E-state index contributed by atoms with van der Waals surface area (Å²) in [6.45, 7) is 3.40. The van der Waals surface area contributed by atoms with Gasteiger partial charge in [-0.05, 0) is 82.9 Å². The Balaban J connectivity index is 1.51. The maximum Gasteiger partial charge on any atom is 0.194 e. The molecule has 5 rings (SSSR count). The Hall–Kier alpha value is -4.57. The van der Waals surface area contributed by atoms with Crippen LogP contribution in [0.1, 0.15) is 29.2 Å². The fourth-order valence-electron chi connectivity index (χ4n) is 4.66. The van der Waals surface area contributed by atoms with Crippen molar-refractivity contribution in [1.82, 2.24) is 0 Å².